The molecule has 0 spiro atoms. The van der Waals surface area contributed by atoms with Crippen molar-refractivity contribution >= 4 is 23.7 Å². The first-order valence-electron chi connectivity index (χ1n) is 8.07. The van der Waals surface area contributed by atoms with Gasteiger partial charge in [0.1, 0.15) is 6.26 Å². The van der Waals surface area contributed by atoms with Gasteiger partial charge in [0.25, 0.3) is 5.91 Å². The van der Waals surface area contributed by atoms with Crippen LogP contribution in [0.5, 0.6) is 0 Å². The van der Waals surface area contributed by atoms with Gasteiger partial charge in [-0.15, -0.1) is 0 Å². The quantitative estimate of drug-likeness (QED) is 0.916. The second-order valence-corrected chi connectivity index (χ2v) is 7.31. The van der Waals surface area contributed by atoms with E-state index in [2.05, 4.69) is 5.32 Å². The molecule has 6 nitrogen and oxygen atoms in total. The third kappa shape index (κ3) is 3.83. The normalized spacial score (nSPS) is 22.1. The van der Waals surface area contributed by atoms with Crippen molar-refractivity contribution in [2.24, 2.45) is 0 Å². The van der Waals surface area contributed by atoms with Gasteiger partial charge in [-0.3, -0.25) is 4.79 Å². The summed E-state index contributed by atoms with van der Waals surface area (Å²) in [6.45, 7) is 1.33. The van der Waals surface area contributed by atoms with Gasteiger partial charge in [-0.25, -0.2) is 4.79 Å². The van der Waals surface area contributed by atoms with E-state index >= 15 is 0 Å². The molecule has 3 amide bonds. The number of hydrogen-bond acceptors (Lipinski definition) is 4. The number of hydrogen-bond donors (Lipinski definition) is 1. The molecular formula is C16H23N3O3S. The van der Waals surface area contributed by atoms with Crippen LogP contribution in [-0.2, 0) is 0 Å². The van der Waals surface area contributed by atoms with Crippen LogP contribution in [-0.4, -0.2) is 65.5 Å². The zero-order valence-corrected chi connectivity index (χ0v) is 14.2. The van der Waals surface area contributed by atoms with E-state index < -0.39 is 0 Å². The Morgan fingerprint density at radius 2 is 2.13 bits per heavy atom. The van der Waals surface area contributed by atoms with Crippen LogP contribution in [0.25, 0.3) is 0 Å². The molecule has 2 aliphatic heterocycles. The fraction of sp³-hybridized carbons (Fsp3) is 0.625. The highest BCUT2D eigenvalue weighted by Crippen LogP contribution is 2.21. The van der Waals surface area contributed by atoms with E-state index in [1.165, 1.54) is 12.5 Å². The molecule has 0 saturated carbocycles. The monoisotopic (exact) mass is 337 g/mol. The first kappa shape index (κ1) is 16.2. The SMILES string of the molecule is CN(C(=O)NC1CCN(C(=O)c2ccoc2)CC1)C1CCSC1. The number of amides is 3. The number of carbonyl (C=O) groups is 2. The summed E-state index contributed by atoms with van der Waals surface area (Å²) in [7, 11) is 1.88. The van der Waals surface area contributed by atoms with E-state index in [4.69, 9.17) is 4.42 Å². The van der Waals surface area contributed by atoms with E-state index in [0.29, 0.717) is 24.7 Å². The molecule has 0 aromatic carbocycles. The molecule has 1 aromatic heterocycles. The maximum atomic E-state index is 12.3. The Kier molecular flexibility index (Phi) is 5.15. The van der Waals surface area contributed by atoms with Crippen LogP contribution >= 0.6 is 11.8 Å². The molecule has 0 radical (unpaired) electrons. The van der Waals surface area contributed by atoms with Crippen LogP contribution in [0.1, 0.15) is 29.6 Å². The molecule has 1 atom stereocenters. The predicted molar refractivity (Wildman–Crippen MR) is 89.7 cm³/mol. The molecule has 7 heteroatoms. The topological polar surface area (TPSA) is 65.8 Å². The molecule has 0 bridgehead atoms. The number of piperidine rings is 1. The Hall–Kier alpha value is -1.63. The van der Waals surface area contributed by atoms with Crippen molar-refractivity contribution in [3.63, 3.8) is 0 Å². The lowest BCUT2D eigenvalue weighted by Gasteiger charge is -2.34. The first-order valence-corrected chi connectivity index (χ1v) is 9.23. The van der Waals surface area contributed by atoms with Crippen LogP contribution in [0.3, 0.4) is 0 Å². The second-order valence-electron chi connectivity index (χ2n) is 6.16. The lowest BCUT2D eigenvalue weighted by Crippen LogP contribution is -2.51. The summed E-state index contributed by atoms with van der Waals surface area (Å²) >= 11 is 1.90. The van der Waals surface area contributed by atoms with Crippen molar-refractivity contribution in [1.29, 1.82) is 0 Å². The number of thioether (sulfide) groups is 1. The van der Waals surface area contributed by atoms with E-state index in [1.807, 2.05) is 28.6 Å². The fourth-order valence-electron chi connectivity index (χ4n) is 3.07. The number of nitrogens with one attached hydrogen (secondary N) is 1. The fourth-order valence-corrected chi connectivity index (χ4v) is 4.33. The Bertz CT molecular complexity index is 535. The highest BCUT2D eigenvalue weighted by molar-refractivity contribution is 7.99. The number of rotatable bonds is 3. The third-order valence-corrected chi connectivity index (χ3v) is 5.80. The standard InChI is InChI=1S/C16H23N3O3S/c1-18(14-5-9-23-11-14)16(21)17-13-2-6-19(7-3-13)15(20)12-4-8-22-10-12/h4,8,10,13-14H,2-3,5-7,9,11H2,1H3,(H,17,21). The minimum Gasteiger partial charge on any atom is -0.472 e. The van der Waals surface area contributed by atoms with E-state index in [0.717, 1.165) is 30.8 Å². The van der Waals surface area contributed by atoms with E-state index in [-0.39, 0.29) is 18.0 Å². The Balaban J connectivity index is 1.45. The van der Waals surface area contributed by atoms with Gasteiger partial charge in [0, 0.05) is 38.0 Å². The van der Waals surface area contributed by atoms with Gasteiger partial charge in [0.15, 0.2) is 0 Å². The number of nitrogens with zero attached hydrogens (tertiary/aromatic N) is 2. The van der Waals surface area contributed by atoms with Gasteiger partial charge in [-0.1, -0.05) is 0 Å². The van der Waals surface area contributed by atoms with Gasteiger partial charge in [0.2, 0.25) is 0 Å². The molecule has 2 saturated heterocycles. The zero-order valence-electron chi connectivity index (χ0n) is 13.4. The van der Waals surface area contributed by atoms with Gasteiger partial charge in [-0.05, 0) is 31.1 Å². The van der Waals surface area contributed by atoms with Crippen molar-refractivity contribution < 1.29 is 14.0 Å². The first-order chi connectivity index (χ1) is 11.1. The molecule has 3 heterocycles. The van der Waals surface area contributed by atoms with Crippen molar-refractivity contribution in [3.05, 3.63) is 24.2 Å². The lowest BCUT2D eigenvalue weighted by atomic mass is 10.0. The summed E-state index contributed by atoms with van der Waals surface area (Å²) in [5.41, 5.74) is 0.589. The molecule has 2 fully saturated rings. The summed E-state index contributed by atoms with van der Waals surface area (Å²) in [6.07, 6.45) is 5.65. The van der Waals surface area contributed by atoms with Crippen molar-refractivity contribution in [1.82, 2.24) is 15.1 Å². The van der Waals surface area contributed by atoms with Gasteiger partial charge >= 0.3 is 6.03 Å². The van der Waals surface area contributed by atoms with Crippen LogP contribution in [0, 0.1) is 0 Å². The summed E-state index contributed by atoms with van der Waals surface area (Å²) in [6, 6.07) is 2.19. The van der Waals surface area contributed by atoms with Crippen LogP contribution < -0.4 is 5.32 Å². The minimum absolute atomic E-state index is 0.00336. The van der Waals surface area contributed by atoms with Crippen molar-refractivity contribution in [2.45, 2.75) is 31.3 Å². The van der Waals surface area contributed by atoms with E-state index in [9.17, 15) is 9.59 Å². The number of furan rings is 1. The Morgan fingerprint density at radius 3 is 2.74 bits per heavy atom. The van der Waals surface area contributed by atoms with Crippen molar-refractivity contribution in [2.75, 3.05) is 31.6 Å². The summed E-state index contributed by atoms with van der Waals surface area (Å²) in [4.78, 5) is 28.2. The van der Waals surface area contributed by atoms with Crippen LogP contribution in [0.4, 0.5) is 4.79 Å². The van der Waals surface area contributed by atoms with Gasteiger partial charge in [-0.2, -0.15) is 11.8 Å². The molecule has 126 valence electrons. The highest BCUT2D eigenvalue weighted by atomic mass is 32.2. The minimum atomic E-state index is 0.00336. The molecule has 1 N–H and O–H groups in total. The second kappa shape index (κ2) is 7.29. The largest absolute Gasteiger partial charge is 0.472 e. The molecule has 0 aliphatic carbocycles. The third-order valence-electron chi connectivity index (χ3n) is 4.65. The smallest absolute Gasteiger partial charge is 0.317 e. The van der Waals surface area contributed by atoms with Gasteiger partial charge < -0.3 is 19.5 Å². The summed E-state index contributed by atoms with van der Waals surface area (Å²) in [5.74, 6) is 2.17. The number of likely N-dealkylation sites (tertiary alicyclic amines) is 1. The Morgan fingerprint density at radius 1 is 1.35 bits per heavy atom. The maximum Gasteiger partial charge on any atom is 0.317 e. The average molecular weight is 337 g/mol. The average Bonchev–Trinajstić information content (AvgIpc) is 3.27. The number of urea groups is 1. The Labute approximate surface area is 140 Å². The van der Waals surface area contributed by atoms with Crippen molar-refractivity contribution in [3.8, 4) is 0 Å². The summed E-state index contributed by atoms with van der Waals surface area (Å²) < 4.78 is 4.96. The molecular weight excluding hydrogens is 314 g/mol. The van der Waals surface area contributed by atoms with Gasteiger partial charge in [0.05, 0.1) is 11.8 Å². The lowest BCUT2D eigenvalue weighted by molar-refractivity contribution is 0.0705. The number of carbonyl (C=O) groups excluding carboxylic acids is 2. The molecule has 1 aromatic rings. The molecule has 1 unspecified atom stereocenters. The van der Waals surface area contributed by atoms with Crippen LogP contribution in [0.15, 0.2) is 23.0 Å². The maximum absolute atomic E-state index is 12.3. The molecule has 2 aliphatic rings. The predicted octanol–water partition coefficient (Wildman–Crippen LogP) is 2.03. The summed E-state index contributed by atoms with van der Waals surface area (Å²) in [5, 5.41) is 3.11. The highest BCUT2D eigenvalue weighted by Gasteiger charge is 2.28. The zero-order chi connectivity index (χ0) is 16.2. The molecule has 3 rings (SSSR count). The van der Waals surface area contributed by atoms with E-state index in [1.54, 1.807) is 6.07 Å². The van der Waals surface area contributed by atoms with Crippen LogP contribution in [0.2, 0.25) is 0 Å². The molecule has 23 heavy (non-hydrogen) atoms.